The highest BCUT2D eigenvalue weighted by Crippen LogP contribution is 2.34. The molecule has 2 heterocycles. The van der Waals surface area contributed by atoms with Gasteiger partial charge in [-0.2, -0.15) is 0 Å². The molecule has 2 rings (SSSR count). The fourth-order valence-corrected chi connectivity index (χ4v) is 10.7. The summed E-state index contributed by atoms with van der Waals surface area (Å²) in [7, 11) is 0. The van der Waals surface area contributed by atoms with Gasteiger partial charge in [0.15, 0.2) is 12.2 Å². The Morgan fingerprint density at radius 2 is 0.920 bits per heavy atom. The summed E-state index contributed by atoms with van der Waals surface area (Å²) in [5.41, 5.74) is 6.36. The van der Waals surface area contributed by atoms with Crippen LogP contribution in [0.15, 0.2) is 12.2 Å². The van der Waals surface area contributed by atoms with Crippen molar-refractivity contribution in [1.29, 1.82) is 0 Å². The molecule has 0 aromatic heterocycles. The monoisotopic (exact) mass is 1240 g/mol. The van der Waals surface area contributed by atoms with Crippen LogP contribution in [-0.2, 0) is 85.8 Å². The molecule has 25 nitrogen and oxygen atoms in total. The Hall–Kier alpha value is -5.76. The SMILES string of the molecule is C=C(CCCCCN)CC(CC)(COCCC(=O)NCCCNC(=O)CCCCCC1O[C@H](C)[C@H](C)[C@H](OC(C)=O)[C@H]1NC(C)=O)COCCC(=O)NCCCNC(=O)CCCCCC1O[C@H](COC(C)=O)[C@H](OC(C)=O)[C@H](OC(C)=O)[C@H]1NC(C)=O. The van der Waals surface area contributed by atoms with Crippen molar-refractivity contribution in [3.05, 3.63) is 12.2 Å². The summed E-state index contributed by atoms with van der Waals surface area (Å²) in [6.45, 7) is 20.9. The molecule has 6 amide bonds. The van der Waals surface area contributed by atoms with Crippen molar-refractivity contribution in [1.82, 2.24) is 31.9 Å². The van der Waals surface area contributed by atoms with Crippen LogP contribution in [0.3, 0.4) is 0 Å². The number of nitrogens with two attached hydrogens (primary N) is 1. The van der Waals surface area contributed by atoms with Gasteiger partial charge in [0, 0.05) is 105 Å². The Kier molecular flexibility index (Phi) is 38.9. The van der Waals surface area contributed by atoms with Gasteiger partial charge in [-0.1, -0.05) is 58.1 Å². The Morgan fingerprint density at radius 1 is 0.494 bits per heavy atom. The summed E-state index contributed by atoms with van der Waals surface area (Å²) >= 11 is 0. The number of hydrogen-bond donors (Lipinski definition) is 7. The summed E-state index contributed by atoms with van der Waals surface area (Å²) < 4.78 is 46.5. The lowest BCUT2D eigenvalue weighted by Gasteiger charge is -2.45. The van der Waals surface area contributed by atoms with Crippen molar-refractivity contribution in [3.8, 4) is 0 Å². The number of unbranched alkanes of at least 4 members (excludes halogenated alkanes) is 6. The van der Waals surface area contributed by atoms with E-state index in [2.05, 4.69) is 45.4 Å². The average Bonchev–Trinajstić information content (AvgIpc) is 3.61. The molecule has 3 unspecified atom stereocenters. The fraction of sp³-hybridized carbons (Fsp3) is 0.806. The van der Waals surface area contributed by atoms with Crippen LogP contribution in [0.2, 0.25) is 0 Å². The number of esters is 4. The Morgan fingerprint density at radius 3 is 1.37 bits per heavy atom. The first-order valence-electron chi connectivity index (χ1n) is 31.5. The molecule has 0 aromatic carbocycles. The molecule has 0 saturated carbocycles. The number of rotatable bonds is 45. The van der Waals surface area contributed by atoms with E-state index in [-0.39, 0.29) is 86.7 Å². The van der Waals surface area contributed by atoms with Gasteiger partial charge in [0.05, 0.1) is 56.8 Å². The second-order valence-electron chi connectivity index (χ2n) is 23.2. The summed E-state index contributed by atoms with van der Waals surface area (Å²) in [5, 5.41) is 17.3. The van der Waals surface area contributed by atoms with Crippen LogP contribution in [0.5, 0.6) is 0 Å². The van der Waals surface area contributed by atoms with Gasteiger partial charge in [0.2, 0.25) is 35.4 Å². The minimum atomic E-state index is -1.16. The molecule has 0 spiro atoms. The van der Waals surface area contributed by atoms with Crippen molar-refractivity contribution in [3.63, 3.8) is 0 Å². The van der Waals surface area contributed by atoms with Crippen molar-refractivity contribution in [2.75, 3.05) is 65.8 Å². The lowest BCUT2D eigenvalue weighted by atomic mass is 9.79. The molecule has 8 N–H and O–H groups in total. The van der Waals surface area contributed by atoms with Crippen molar-refractivity contribution >= 4 is 59.3 Å². The Balaban J connectivity index is 1.71. The maximum absolute atomic E-state index is 12.8. The molecule has 25 heteroatoms. The molecule has 0 aliphatic carbocycles. The highest BCUT2D eigenvalue weighted by atomic mass is 16.6. The highest BCUT2D eigenvalue weighted by Gasteiger charge is 2.50. The van der Waals surface area contributed by atoms with Gasteiger partial charge >= 0.3 is 23.9 Å². The van der Waals surface area contributed by atoms with E-state index < -0.39 is 77.8 Å². The second kappa shape index (κ2) is 43.8. The van der Waals surface area contributed by atoms with Crippen molar-refractivity contribution < 1.29 is 85.8 Å². The summed E-state index contributed by atoms with van der Waals surface area (Å²) in [6.07, 6.45) is 7.20. The van der Waals surface area contributed by atoms with E-state index in [1.165, 1.54) is 41.5 Å². The zero-order valence-electron chi connectivity index (χ0n) is 53.6. The third kappa shape index (κ3) is 33.4. The Labute approximate surface area is 515 Å². The zero-order chi connectivity index (χ0) is 64.7. The predicted octanol–water partition coefficient (Wildman–Crippen LogP) is 4.37. The van der Waals surface area contributed by atoms with E-state index >= 15 is 0 Å². The largest absolute Gasteiger partial charge is 0.463 e. The lowest BCUT2D eigenvalue weighted by molar-refractivity contribution is -0.224. The molecule has 498 valence electrons. The molecular formula is C62H107N7O18. The fourth-order valence-electron chi connectivity index (χ4n) is 10.7. The first-order chi connectivity index (χ1) is 41.4. The molecule has 2 saturated heterocycles. The third-order valence-corrected chi connectivity index (χ3v) is 15.4. The van der Waals surface area contributed by atoms with Gasteiger partial charge in [-0.3, -0.25) is 47.9 Å². The number of carbonyl (C=O) groups excluding carboxylic acids is 10. The van der Waals surface area contributed by atoms with Gasteiger partial charge in [0.1, 0.15) is 18.8 Å². The summed E-state index contributed by atoms with van der Waals surface area (Å²) in [6, 6.07) is -1.33. The summed E-state index contributed by atoms with van der Waals surface area (Å²) in [4.78, 5) is 123. The van der Waals surface area contributed by atoms with Crippen LogP contribution >= 0.6 is 0 Å². The molecular weight excluding hydrogens is 1130 g/mol. The van der Waals surface area contributed by atoms with Crippen LogP contribution in [-0.4, -0.2) is 180 Å². The third-order valence-electron chi connectivity index (χ3n) is 15.4. The quantitative estimate of drug-likeness (QED) is 0.0193. The van der Waals surface area contributed by atoms with Gasteiger partial charge in [-0.05, 0) is 84.1 Å². The van der Waals surface area contributed by atoms with Crippen molar-refractivity contribution in [2.45, 2.75) is 246 Å². The molecule has 0 aromatic rings. The van der Waals surface area contributed by atoms with Gasteiger partial charge < -0.3 is 75.5 Å². The summed E-state index contributed by atoms with van der Waals surface area (Å²) in [5.74, 6) is -3.64. The Bertz CT molecular complexity index is 2150. The van der Waals surface area contributed by atoms with Crippen LogP contribution < -0.4 is 37.6 Å². The first-order valence-corrected chi connectivity index (χ1v) is 31.5. The second-order valence-corrected chi connectivity index (χ2v) is 23.2. The zero-order valence-corrected chi connectivity index (χ0v) is 53.6. The molecule has 2 aliphatic heterocycles. The van der Waals surface area contributed by atoms with Gasteiger partial charge in [0.25, 0.3) is 0 Å². The van der Waals surface area contributed by atoms with Gasteiger partial charge in [-0.15, -0.1) is 0 Å². The van der Waals surface area contributed by atoms with E-state index in [1.807, 2.05) is 13.8 Å². The van der Waals surface area contributed by atoms with E-state index in [0.717, 1.165) is 50.5 Å². The number of carbonyl (C=O) groups is 10. The average molecular weight is 1240 g/mol. The first kappa shape index (κ1) is 77.3. The highest BCUT2D eigenvalue weighted by molar-refractivity contribution is 5.77. The standard InChI is InChI=1S/C62H107N7O18/c1-11-62(37-41(2)23-15-14-20-30-63,39-80-35-28-55(78)66-33-21-31-64-53(76)26-18-12-16-24-50-57(68-44(5)70)59(84-47(8)73)42(3)43(4)83-50)40-81-36-29-56(79)67-34-22-32-65-54(77)27-19-13-17-25-51-58(69-45(6)71)61(86-49(10)75)60(85-48(9)74)52(87-51)38-82-46(7)72/h42-43,50-52,57-61H,2,11-40,63H2,1,3-10H3,(H,64,76)(H,65,77)(H,66,78)(H,67,79)(H,68,70)(H,69,71)/t42-,43+,50?,51?,52+,57-,58-,59-,60-,61+,62?/m0/s1. The molecule has 11 atom stereocenters. The van der Waals surface area contributed by atoms with Gasteiger partial charge in [-0.25, -0.2) is 0 Å². The molecule has 2 aliphatic rings. The smallest absolute Gasteiger partial charge is 0.303 e. The van der Waals surface area contributed by atoms with Crippen LogP contribution in [0.1, 0.15) is 191 Å². The minimum Gasteiger partial charge on any atom is -0.463 e. The van der Waals surface area contributed by atoms with E-state index in [1.54, 1.807) is 0 Å². The maximum atomic E-state index is 12.8. The lowest BCUT2D eigenvalue weighted by Crippen LogP contribution is -2.66. The number of hydrogen-bond acceptors (Lipinski definition) is 19. The number of allylic oxidation sites excluding steroid dienone is 1. The minimum absolute atomic E-state index is 0.0678. The maximum Gasteiger partial charge on any atom is 0.303 e. The molecule has 0 bridgehead atoms. The predicted molar refractivity (Wildman–Crippen MR) is 323 cm³/mol. The van der Waals surface area contributed by atoms with Crippen molar-refractivity contribution in [2.24, 2.45) is 17.1 Å². The topological polar surface area (TPSA) is 343 Å². The van der Waals surface area contributed by atoms with Crippen LogP contribution in [0.4, 0.5) is 0 Å². The number of amides is 6. The van der Waals surface area contributed by atoms with Crippen LogP contribution in [0.25, 0.3) is 0 Å². The normalized spacial score (nSPS) is 22.3. The molecule has 2 fully saturated rings. The van der Waals surface area contributed by atoms with E-state index in [0.29, 0.717) is 110 Å². The molecule has 0 radical (unpaired) electrons. The number of ether oxygens (including phenoxy) is 8. The molecule has 87 heavy (non-hydrogen) atoms. The number of nitrogens with one attached hydrogen (secondary N) is 6. The van der Waals surface area contributed by atoms with Crippen LogP contribution in [0, 0.1) is 11.3 Å². The van der Waals surface area contributed by atoms with E-state index in [9.17, 15) is 47.9 Å². The van der Waals surface area contributed by atoms with E-state index in [4.69, 9.17) is 43.6 Å².